The summed E-state index contributed by atoms with van der Waals surface area (Å²) in [6.45, 7) is 8.88. The standard InChI is InChI=1S/C18H24N2/c1-14(20-17-11-8-12-19-15(17)2)13-18(3,4)16-9-6-5-7-10-16/h5-12,14,20H,13H2,1-4H3. The zero-order valence-electron chi connectivity index (χ0n) is 12.9. The number of hydrogen-bond acceptors (Lipinski definition) is 2. The van der Waals surface area contributed by atoms with E-state index in [2.05, 4.69) is 67.5 Å². The maximum absolute atomic E-state index is 4.32. The van der Waals surface area contributed by atoms with Crippen molar-refractivity contribution in [1.29, 1.82) is 0 Å². The smallest absolute Gasteiger partial charge is 0.0603 e. The van der Waals surface area contributed by atoms with Crippen molar-refractivity contribution in [2.24, 2.45) is 0 Å². The van der Waals surface area contributed by atoms with Crippen LogP contribution in [0.15, 0.2) is 48.7 Å². The zero-order valence-corrected chi connectivity index (χ0v) is 12.9. The number of aromatic nitrogens is 1. The fraction of sp³-hybridized carbons (Fsp3) is 0.389. The van der Waals surface area contributed by atoms with Gasteiger partial charge in [-0.15, -0.1) is 0 Å². The molecule has 0 amide bonds. The van der Waals surface area contributed by atoms with E-state index in [4.69, 9.17) is 0 Å². The summed E-state index contributed by atoms with van der Waals surface area (Å²) in [6, 6.07) is 15.2. The van der Waals surface area contributed by atoms with Crippen LogP contribution in [0.4, 0.5) is 5.69 Å². The lowest BCUT2D eigenvalue weighted by molar-refractivity contribution is 0.450. The first-order valence-corrected chi connectivity index (χ1v) is 7.23. The Hall–Kier alpha value is -1.83. The van der Waals surface area contributed by atoms with Crippen LogP contribution in [0.25, 0.3) is 0 Å². The summed E-state index contributed by atoms with van der Waals surface area (Å²) in [6.07, 6.45) is 2.91. The largest absolute Gasteiger partial charge is 0.381 e. The third-order valence-electron chi connectivity index (χ3n) is 3.78. The minimum absolute atomic E-state index is 0.157. The number of rotatable bonds is 5. The summed E-state index contributed by atoms with van der Waals surface area (Å²) in [5, 5.41) is 3.57. The van der Waals surface area contributed by atoms with Crippen LogP contribution in [-0.2, 0) is 5.41 Å². The fourth-order valence-corrected chi connectivity index (χ4v) is 2.73. The highest BCUT2D eigenvalue weighted by molar-refractivity contribution is 5.47. The highest BCUT2D eigenvalue weighted by Gasteiger charge is 2.23. The molecular weight excluding hydrogens is 244 g/mol. The molecule has 1 unspecified atom stereocenters. The average molecular weight is 268 g/mol. The third kappa shape index (κ3) is 3.60. The van der Waals surface area contributed by atoms with Crippen LogP contribution in [0.1, 0.15) is 38.4 Å². The maximum Gasteiger partial charge on any atom is 0.0603 e. The van der Waals surface area contributed by atoms with Gasteiger partial charge >= 0.3 is 0 Å². The van der Waals surface area contributed by atoms with E-state index in [0.717, 1.165) is 17.8 Å². The number of pyridine rings is 1. The molecule has 2 aromatic rings. The van der Waals surface area contributed by atoms with Crippen molar-refractivity contribution in [3.8, 4) is 0 Å². The molecule has 1 aromatic heterocycles. The third-order valence-corrected chi connectivity index (χ3v) is 3.78. The SMILES string of the molecule is Cc1ncccc1NC(C)CC(C)(C)c1ccccc1. The molecule has 0 fully saturated rings. The van der Waals surface area contributed by atoms with Gasteiger partial charge in [-0.3, -0.25) is 4.98 Å². The summed E-state index contributed by atoms with van der Waals surface area (Å²) in [5.41, 5.74) is 3.72. The highest BCUT2D eigenvalue weighted by atomic mass is 14.9. The molecule has 1 atom stereocenters. The normalized spacial score (nSPS) is 13.0. The van der Waals surface area contributed by atoms with Crippen molar-refractivity contribution in [3.63, 3.8) is 0 Å². The number of benzene rings is 1. The van der Waals surface area contributed by atoms with Crippen LogP contribution in [0, 0.1) is 6.92 Å². The van der Waals surface area contributed by atoms with Gasteiger partial charge < -0.3 is 5.32 Å². The van der Waals surface area contributed by atoms with Gasteiger partial charge in [0.15, 0.2) is 0 Å². The molecule has 0 saturated carbocycles. The molecule has 0 bridgehead atoms. The van der Waals surface area contributed by atoms with E-state index >= 15 is 0 Å². The van der Waals surface area contributed by atoms with Crippen molar-refractivity contribution >= 4 is 5.69 Å². The second-order valence-electron chi connectivity index (χ2n) is 6.14. The monoisotopic (exact) mass is 268 g/mol. The van der Waals surface area contributed by atoms with Gasteiger partial charge in [0.25, 0.3) is 0 Å². The average Bonchev–Trinajstić information content (AvgIpc) is 2.42. The second-order valence-corrected chi connectivity index (χ2v) is 6.14. The molecule has 0 saturated heterocycles. The van der Waals surface area contributed by atoms with Crippen LogP contribution in [0.2, 0.25) is 0 Å². The lowest BCUT2D eigenvalue weighted by atomic mass is 9.79. The van der Waals surface area contributed by atoms with Gasteiger partial charge in [0.05, 0.1) is 11.4 Å². The Labute approximate surface area is 122 Å². The Bertz CT molecular complexity index is 546. The van der Waals surface area contributed by atoms with E-state index in [9.17, 15) is 0 Å². The van der Waals surface area contributed by atoms with Crippen molar-refractivity contribution in [3.05, 3.63) is 59.9 Å². The van der Waals surface area contributed by atoms with Gasteiger partial charge in [-0.2, -0.15) is 0 Å². The molecule has 1 heterocycles. The number of nitrogens with zero attached hydrogens (tertiary/aromatic N) is 1. The van der Waals surface area contributed by atoms with Crippen LogP contribution < -0.4 is 5.32 Å². The highest BCUT2D eigenvalue weighted by Crippen LogP contribution is 2.29. The van der Waals surface area contributed by atoms with Gasteiger partial charge in [-0.05, 0) is 43.4 Å². The van der Waals surface area contributed by atoms with Crippen LogP contribution in [0.3, 0.4) is 0 Å². The van der Waals surface area contributed by atoms with Gasteiger partial charge in [-0.1, -0.05) is 44.2 Å². The summed E-state index contributed by atoms with van der Waals surface area (Å²) >= 11 is 0. The number of hydrogen-bond donors (Lipinski definition) is 1. The van der Waals surface area contributed by atoms with Crippen LogP contribution >= 0.6 is 0 Å². The van der Waals surface area contributed by atoms with E-state index in [1.165, 1.54) is 5.56 Å². The molecule has 2 nitrogen and oxygen atoms in total. The molecule has 1 N–H and O–H groups in total. The Morgan fingerprint density at radius 3 is 2.45 bits per heavy atom. The Balaban J connectivity index is 2.04. The van der Waals surface area contributed by atoms with Gasteiger partial charge in [-0.25, -0.2) is 0 Å². The lowest BCUT2D eigenvalue weighted by Crippen LogP contribution is -2.28. The van der Waals surface area contributed by atoms with E-state index in [0.29, 0.717) is 6.04 Å². The number of anilines is 1. The summed E-state index contributed by atoms with van der Waals surface area (Å²) in [5.74, 6) is 0. The number of aryl methyl sites for hydroxylation is 1. The van der Waals surface area contributed by atoms with Gasteiger partial charge in [0.1, 0.15) is 0 Å². The van der Waals surface area contributed by atoms with E-state index < -0.39 is 0 Å². The minimum atomic E-state index is 0.157. The summed E-state index contributed by atoms with van der Waals surface area (Å²) in [4.78, 5) is 4.32. The minimum Gasteiger partial charge on any atom is -0.381 e. The molecule has 0 spiro atoms. The van der Waals surface area contributed by atoms with Crippen molar-refractivity contribution in [2.75, 3.05) is 5.32 Å². The topological polar surface area (TPSA) is 24.9 Å². The van der Waals surface area contributed by atoms with E-state index in [1.807, 2.05) is 19.2 Å². The van der Waals surface area contributed by atoms with E-state index in [-0.39, 0.29) is 5.41 Å². The van der Waals surface area contributed by atoms with Crippen molar-refractivity contribution in [1.82, 2.24) is 4.98 Å². The molecule has 0 aliphatic heterocycles. The molecule has 0 radical (unpaired) electrons. The van der Waals surface area contributed by atoms with Crippen LogP contribution in [-0.4, -0.2) is 11.0 Å². The van der Waals surface area contributed by atoms with Gasteiger partial charge in [0.2, 0.25) is 0 Å². The predicted molar refractivity (Wildman–Crippen MR) is 86.1 cm³/mol. The van der Waals surface area contributed by atoms with Gasteiger partial charge in [0, 0.05) is 12.2 Å². The maximum atomic E-state index is 4.32. The predicted octanol–water partition coefficient (Wildman–Crippen LogP) is 4.56. The number of nitrogens with one attached hydrogen (secondary N) is 1. The second kappa shape index (κ2) is 6.08. The molecule has 0 aliphatic rings. The molecule has 0 aliphatic carbocycles. The molecule has 2 heteroatoms. The fourth-order valence-electron chi connectivity index (χ4n) is 2.73. The molecule has 106 valence electrons. The first kappa shape index (κ1) is 14.6. The van der Waals surface area contributed by atoms with Crippen molar-refractivity contribution < 1.29 is 0 Å². The Morgan fingerprint density at radius 2 is 1.80 bits per heavy atom. The first-order chi connectivity index (χ1) is 9.49. The first-order valence-electron chi connectivity index (χ1n) is 7.23. The quantitative estimate of drug-likeness (QED) is 0.860. The Morgan fingerprint density at radius 1 is 1.10 bits per heavy atom. The summed E-state index contributed by atoms with van der Waals surface area (Å²) < 4.78 is 0. The molecular formula is C18H24N2. The molecule has 1 aromatic carbocycles. The van der Waals surface area contributed by atoms with E-state index in [1.54, 1.807) is 0 Å². The van der Waals surface area contributed by atoms with Crippen molar-refractivity contribution in [2.45, 2.75) is 45.6 Å². The molecule has 2 rings (SSSR count). The zero-order chi connectivity index (χ0) is 14.6. The summed E-state index contributed by atoms with van der Waals surface area (Å²) in [7, 11) is 0. The Kier molecular flexibility index (Phi) is 4.43. The van der Waals surface area contributed by atoms with Crippen LogP contribution in [0.5, 0.6) is 0 Å². The molecule has 20 heavy (non-hydrogen) atoms. The lowest BCUT2D eigenvalue weighted by Gasteiger charge is -2.29.